The van der Waals surface area contributed by atoms with Crippen molar-refractivity contribution in [2.75, 3.05) is 26.4 Å². The van der Waals surface area contributed by atoms with Crippen LogP contribution in [-0.4, -0.2) is 50.3 Å². The Morgan fingerprint density at radius 2 is 0.806 bits per heavy atom. The van der Waals surface area contributed by atoms with Gasteiger partial charge in [0.25, 0.3) is 5.41 Å². The summed E-state index contributed by atoms with van der Waals surface area (Å²) in [5.41, 5.74) is -2.55. The summed E-state index contributed by atoms with van der Waals surface area (Å²) in [5, 5.41) is 0. The van der Waals surface area contributed by atoms with Gasteiger partial charge in [-0.05, 0) is 32.1 Å². The third kappa shape index (κ3) is 11.3. The molecule has 0 aromatic rings. The van der Waals surface area contributed by atoms with Crippen molar-refractivity contribution in [2.45, 2.75) is 118 Å². The number of ether oxygens (including phenoxy) is 4. The molecule has 0 saturated carbocycles. The van der Waals surface area contributed by atoms with Gasteiger partial charge in [0.05, 0.1) is 32.3 Å². The fourth-order valence-corrected chi connectivity index (χ4v) is 3.84. The van der Waals surface area contributed by atoms with E-state index in [-0.39, 0.29) is 32.8 Å². The fourth-order valence-electron chi connectivity index (χ4n) is 3.84. The molecule has 0 aliphatic rings. The van der Waals surface area contributed by atoms with Crippen LogP contribution < -0.4 is 0 Å². The van der Waals surface area contributed by atoms with E-state index in [1.54, 1.807) is 6.92 Å². The highest BCUT2D eigenvalue weighted by Gasteiger charge is 2.65. The van der Waals surface area contributed by atoms with Crippen molar-refractivity contribution in [3.05, 3.63) is 0 Å². The first-order valence-corrected chi connectivity index (χ1v) is 14.1. The summed E-state index contributed by atoms with van der Waals surface area (Å²) >= 11 is 0. The topological polar surface area (TPSA) is 105 Å². The summed E-state index contributed by atoms with van der Waals surface area (Å²) in [5.74, 6) is -5.50. The van der Waals surface area contributed by atoms with Crippen LogP contribution in [0.3, 0.4) is 0 Å². The lowest BCUT2D eigenvalue weighted by atomic mass is 9.73. The molecule has 0 aliphatic heterocycles. The van der Waals surface area contributed by atoms with Gasteiger partial charge in [0.2, 0.25) is 0 Å². The molecule has 8 heteroatoms. The van der Waals surface area contributed by atoms with E-state index < -0.39 is 35.2 Å². The second kappa shape index (κ2) is 21.0. The Morgan fingerprint density at radius 1 is 0.500 bits per heavy atom. The zero-order valence-corrected chi connectivity index (χ0v) is 23.4. The van der Waals surface area contributed by atoms with Crippen molar-refractivity contribution in [1.29, 1.82) is 0 Å². The van der Waals surface area contributed by atoms with Crippen LogP contribution in [0.1, 0.15) is 118 Å². The Labute approximate surface area is 218 Å². The van der Waals surface area contributed by atoms with Gasteiger partial charge in [-0.15, -0.1) is 0 Å². The zero-order valence-electron chi connectivity index (χ0n) is 23.4. The minimum absolute atomic E-state index is 0.00475. The summed E-state index contributed by atoms with van der Waals surface area (Å²) in [6, 6.07) is 0. The molecule has 0 aliphatic carbocycles. The van der Waals surface area contributed by atoms with Crippen LogP contribution in [0.2, 0.25) is 0 Å². The van der Waals surface area contributed by atoms with Gasteiger partial charge in [0.15, 0.2) is 0 Å². The molecule has 210 valence electrons. The lowest BCUT2D eigenvalue weighted by molar-refractivity contribution is -0.195. The van der Waals surface area contributed by atoms with E-state index in [9.17, 15) is 19.2 Å². The van der Waals surface area contributed by atoms with Gasteiger partial charge in [-0.3, -0.25) is 19.2 Å². The minimum atomic E-state index is -2.55. The van der Waals surface area contributed by atoms with Crippen LogP contribution >= 0.6 is 0 Å². The lowest BCUT2D eigenvalue weighted by Crippen LogP contribution is -2.57. The molecular weight excluding hydrogens is 464 g/mol. The molecule has 0 amide bonds. The highest BCUT2D eigenvalue weighted by molar-refractivity contribution is 6.20. The maximum absolute atomic E-state index is 13.5. The van der Waals surface area contributed by atoms with Gasteiger partial charge in [-0.25, -0.2) is 0 Å². The smallest absolute Gasteiger partial charge is 0.336 e. The maximum Gasteiger partial charge on any atom is 0.336 e. The van der Waals surface area contributed by atoms with E-state index in [1.807, 2.05) is 27.7 Å². The number of rotatable bonds is 22. The molecule has 36 heavy (non-hydrogen) atoms. The fraction of sp³-hybridized carbons (Fsp3) is 0.857. The first-order valence-electron chi connectivity index (χ1n) is 14.1. The Kier molecular flexibility index (Phi) is 19.8. The van der Waals surface area contributed by atoms with Crippen LogP contribution in [0.25, 0.3) is 0 Å². The van der Waals surface area contributed by atoms with E-state index in [4.69, 9.17) is 18.9 Å². The Bertz CT molecular complexity index is 571. The van der Waals surface area contributed by atoms with Crippen LogP contribution in [-0.2, 0) is 38.1 Å². The lowest BCUT2D eigenvalue weighted by Gasteiger charge is -2.32. The Hall–Kier alpha value is -2.12. The van der Waals surface area contributed by atoms with Crippen LogP contribution in [0.5, 0.6) is 0 Å². The normalized spacial score (nSPS) is 12.0. The van der Waals surface area contributed by atoms with Gasteiger partial charge < -0.3 is 18.9 Å². The molecule has 0 bridgehead atoms. The standard InChI is InChI=1S/C28H50O8/c1-6-11-15-19-33-24(29)23(10-5)28(25(30)34-20-16-12-7-2,26(31)35-21-17-13-8-3)27(32)36-22-18-14-9-4/h23H,6-22H2,1-5H3. The van der Waals surface area contributed by atoms with Crippen LogP contribution in [0.4, 0.5) is 0 Å². The molecular formula is C28H50O8. The number of carbonyl (C=O) groups excluding carboxylic acids is 4. The molecule has 1 atom stereocenters. The summed E-state index contributed by atoms with van der Waals surface area (Å²) < 4.78 is 21.7. The van der Waals surface area contributed by atoms with Crippen molar-refractivity contribution < 1.29 is 38.1 Å². The largest absolute Gasteiger partial charge is 0.465 e. The summed E-state index contributed by atoms with van der Waals surface area (Å²) in [6.07, 6.45) is 9.37. The van der Waals surface area contributed by atoms with Gasteiger partial charge >= 0.3 is 23.9 Å². The van der Waals surface area contributed by atoms with Gasteiger partial charge in [0, 0.05) is 0 Å². The molecule has 0 aromatic carbocycles. The first kappa shape index (κ1) is 33.9. The average molecular weight is 515 g/mol. The second-order valence-corrected chi connectivity index (χ2v) is 9.17. The number of hydrogen-bond donors (Lipinski definition) is 0. The minimum Gasteiger partial charge on any atom is -0.465 e. The van der Waals surface area contributed by atoms with Gasteiger partial charge in [-0.2, -0.15) is 0 Å². The summed E-state index contributed by atoms with van der Waals surface area (Å²) in [4.78, 5) is 53.8. The van der Waals surface area contributed by atoms with Crippen molar-refractivity contribution >= 4 is 23.9 Å². The van der Waals surface area contributed by atoms with Crippen LogP contribution in [0, 0.1) is 11.3 Å². The number of carbonyl (C=O) groups is 4. The van der Waals surface area contributed by atoms with Crippen LogP contribution in [0.15, 0.2) is 0 Å². The average Bonchev–Trinajstić information content (AvgIpc) is 2.87. The molecule has 0 rings (SSSR count). The van der Waals surface area contributed by atoms with E-state index in [0.717, 1.165) is 51.4 Å². The molecule has 0 N–H and O–H groups in total. The zero-order chi connectivity index (χ0) is 27.2. The van der Waals surface area contributed by atoms with Gasteiger partial charge in [-0.1, -0.05) is 86.0 Å². The van der Waals surface area contributed by atoms with E-state index >= 15 is 0 Å². The predicted octanol–water partition coefficient (Wildman–Crippen LogP) is 5.93. The van der Waals surface area contributed by atoms with Crippen molar-refractivity contribution in [3.63, 3.8) is 0 Å². The predicted molar refractivity (Wildman–Crippen MR) is 138 cm³/mol. The third-order valence-electron chi connectivity index (χ3n) is 6.12. The first-order chi connectivity index (χ1) is 17.4. The summed E-state index contributed by atoms with van der Waals surface area (Å²) in [7, 11) is 0. The highest BCUT2D eigenvalue weighted by Crippen LogP contribution is 2.37. The third-order valence-corrected chi connectivity index (χ3v) is 6.12. The van der Waals surface area contributed by atoms with Crippen molar-refractivity contribution in [1.82, 2.24) is 0 Å². The Morgan fingerprint density at radius 3 is 1.08 bits per heavy atom. The molecule has 0 radical (unpaired) electrons. The SMILES string of the molecule is CCCCCOC(=O)C(CC)C(C(=O)OCCCCC)(C(=O)OCCCCC)C(=O)OCCCCC. The molecule has 0 heterocycles. The summed E-state index contributed by atoms with van der Waals surface area (Å²) in [6.45, 7) is 9.92. The van der Waals surface area contributed by atoms with Crippen molar-refractivity contribution in [3.8, 4) is 0 Å². The number of hydrogen-bond acceptors (Lipinski definition) is 8. The number of unbranched alkanes of at least 4 members (excludes halogenated alkanes) is 8. The number of esters is 4. The molecule has 0 fully saturated rings. The quantitative estimate of drug-likeness (QED) is 0.0757. The second-order valence-electron chi connectivity index (χ2n) is 9.17. The Balaban J connectivity index is 6.20. The van der Waals surface area contributed by atoms with Crippen molar-refractivity contribution in [2.24, 2.45) is 11.3 Å². The molecule has 0 saturated heterocycles. The molecule has 1 unspecified atom stereocenters. The highest BCUT2D eigenvalue weighted by atomic mass is 16.6. The maximum atomic E-state index is 13.5. The molecule has 8 nitrogen and oxygen atoms in total. The monoisotopic (exact) mass is 514 g/mol. The molecule has 0 spiro atoms. The van der Waals surface area contributed by atoms with Gasteiger partial charge in [0.1, 0.15) is 0 Å². The van der Waals surface area contributed by atoms with E-state index in [1.165, 1.54) is 0 Å². The van der Waals surface area contributed by atoms with E-state index in [2.05, 4.69) is 0 Å². The molecule has 0 aromatic heterocycles. The van der Waals surface area contributed by atoms with E-state index in [0.29, 0.717) is 25.7 Å².